The molecule has 4 nitrogen and oxygen atoms in total. The highest BCUT2D eigenvalue weighted by atomic mass is 32.2. The van der Waals surface area contributed by atoms with Gasteiger partial charge in [0.15, 0.2) is 0 Å². The van der Waals surface area contributed by atoms with Gasteiger partial charge in [-0.05, 0) is 68.1 Å². The van der Waals surface area contributed by atoms with E-state index in [0.717, 1.165) is 21.5 Å². The molecule has 34 heavy (non-hydrogen) atoms. The summed E-state index contributed by atoms with van der Waals surface area (Å²) in [5.41, 5.74) is 4.80. The van der Waals surface area contributed by atoms with Gasteiger partial charge >= 0.3 is 11.9 Å². The molecule has 0 amide bonds. The predicted molar refractivity (Wildman–Crippen MR) is 141 cm³/mol. The van der Waals surface area contributed by atoms with E-state index in [4.69, 9.17) is 0 Å². The Balaban J connectivity index is 1.69. The van der Waals surface area contributed by atoms with Gasteiger partial charge in [0.1, 0.15) is 0 Å². The van der Waals surface area contributed by atoms with Gasteiger partial charge in [-0.25, -0.2) is 0 Å². The Labute approximate surface area is 206 Å². The number of aliphatic carboxylic acids is 2. The molecule has 1 aliphatic carbocycles. The number of carboxylic acids is 2. The molecule has 1 aliphatic rings. The van der Waals surface area contributed by atoms with Crippen LogP contribution in [0.15, 0.2) is 72.8 Å². The molecule has 0 saturated heterocycles. The summed E-state index contributed by atoms with van der Waals surface area (Å²) in [7, 11) is 0. The van der Waals surface area contributed by atoms with Crippen LogP contribution in [0.3, 0.4) is 0 Å². The molecule has 0 radical (unpaired) electrons. The summed E-state index contributed by atoms with van der Waals surface area (Å²) in [6.45, 7) is 0. The molecule has 0 aromatic heterocycles. The number of carbonyl (C=O) groups is 2. The summed E-state index contributed by atoms with van der Waals surface area (Å²) in [6, 6.07) is 25.5. The monoisotopic (exact) mass is 488 g/mol. The van der Waals surface area contributed by atoms with Gasteiger partial charge in [-0.2, -0.15) is 0 Å². The van der Waals surface area contributed by atoms with Crippen LogP contribution < -0.4 is 0 Å². The lowest BCUT2D eigenvalue weighted by molar-refractivity contribution is -0.137. The van der Waals surface area contributed by atoms with Gasteiger partial charge in [0.25, 0.3) is 0 Å². The molecule has 172 valence electrons. The second-order valence-corrected chi connectivity index (χ2v) is 10.9. The van der Waals surface area contributed by atoms with Crippen LogP contribution in [0.2, 0.25) is 0 Å². The second-order valence-electron chi connectivity index (χ2n) is 8.45. The van der Waals surface area contributed by atoms with Crippen molar-refractivity contribution in [2.45, 2.75) is 23.3 Å². The highest BCUT2D eigenvalue weighted by Crippen LogP contribution is 2.53. The van der Waals surface area contributed by atoms with E-state index in [2.05, 4.69) is 48.5 Å². The number of hydrogen-bond donors (Lipinski definition) is 2. The largest absolute Gasteiger partial charge is 0.481 e. The third kappa shape index (κ3) is 4.52. The summed E-state index contributed by atoms with van der Waals surface area (Å²) >= 11 is 3.35. The lowest BCUT2D eigenvalue weighted by atomic mass is 9.82. The van der Waals surface area contributed by atoms with E-state index in [-0.39, 0.29) is 23.3 Å². The van der Waals surface area contributed by atoms with E-state index in [1.54, 1.807) is 23.5 Å². The van der Waals surface area contributed by atoms with Crippen molar-refractivity contribution in [2.24, 2.45) is 0 Å². The van der Waals surface area contributed by atoms with Crippen LogP contribution in [0, 0.1) is 0 Å². The van der Waals surface area contributed by atoms with Crippen molar-refractivity contribution in [3.8, 4) is 0 Å². The maximum atomic E-state index is 11.2. The second kappa shape index (κ2) is 9.72. The lowest BCUT2D eigenvalue weighted by Gasteiger charge is -2.34. The molecule has 0 fully saturated rings. The minimum Gasteiger partial charge on any atom is -0.481 e. The van der Waals surface area contributed by atoms with Gasteiger partial charge in [-0.1, -0.05) is 48.5 Å². The maximum absolute atomic E-state index is 11.2. The Morgan fingerprint density at radius 3 is 1.15 bits per heavy atom. The van der Waals surface area contributed by atoms with E-state index in [0.29, 0.717) is 11.5 Å². The topological polar surface area (TPSA) is 74.6 Å². The molecule has 4 aromatic carbocycles. The number of thioether (sulfide) groups is 2. The number of hydrogen-bond acceptors (Lipinski definition) is 4. The summed E-state index contributed by atoms with van der Waals surface area (Å²) in [5, 5.41) is 23.1. The lowest BCUT2D eigenvalue weighted by Crippen LogP contribution is -2.17. The van der Waals surface area contributed by atoms with Gasteiger partial charge < -0.3 is 10.2 Å². The number of benzene rings is 4. The average Bonchev–Trinajstić information content (AvgIpc) is 2.82. The normalized spacial score (nSPS) is 16.8. The number of fused-ring (bicyclic) bond motifs is 4. The van der Waals surface area contributed by atoms with Gasteiger partial charge in [0, 0.05) is 11.5 Å². The molecule has 0 bridgehead atoms. The Morgan fingerprint density at radius 1 is 0.588 bits per heavy atom. The number of rotatable bonds is 8. The van der Waals surface area contributed by atoms with Gasteiger partial charge in [0.05, 0.1) is 23.3 Å². The standard InChI is InChI=1S/C28H24O4S2/c29-25(30)9-11-33-27-21-13-17-5-1-2-6-18(17)14-22(21)28(34-12-10-26(31)32)24-16-20-8-4-3-7-19(20)15-23(24)27/h1-8,13-16,27-28H,9-12H2,(H,29,30)(H,31,32). The van der Waals surface area contributed by atoms with E-state index in [1.165, 1.54) is 22.3 Å². The van der Waals surface area contributed by atoms with Crippen LogP contribution in [0.4, 0.5) is 0 Å². The van der Waals surface area contributed by atoms with Crippen molar-refractivity contribution < 1.29 is 19.8 Å². The minimum absolute atomic E-state index is 0.0230. The fourth-order valence-electron chi connectivity index (χ4n) is 4.68. The zero-order valence-electron chi connectivity index (χ0n) is 18.4. The molecule has 5 rings (SSSR count). The first-order valence-electron chi connectivity index (χ1n) is 11.2. The van der Waals surface area contributed by atoms with Crippen LogP contribution in [0.1, 0.15) is 45.6 Å². The number of carboxylic acid groups (broad SMARTS) is 2. The Kier molecular flexibility index (Phi) is 6.53. The SMILES string of the molecule is O=C(O)CCSC1c2cc3ccccc3cc2C(SCCC(=O)O)c2cc3ccccc3cc21. The summed E-state index contributed by atoms with van der Waals surface area (Å²) < 4.78 is 0. The summed E-state index contributed by atoms with van der Waals surface area (Å²) in [5.74, 6) is -0.532. The zero-order chi connectivity index (χ0) is 23.7. The average molecular weight is 489 g/mol. The first kappa shape index (κ1) is 22.8. The molecule has 6 heteroatoms. The predicted octanol–water partition coefficient (Wildman–Crippen LogP) is 6.90. The van der Waals surface area contributed by atoms with E-state index in [1.807, 2.05) is 24.3 Å². The third-order valence-corrected chi connectivity index (χ3v) is 8.80. The van der Waals surface area contributed by atoms with Crippen molar-refractivity contribution >= 4 is 57.0 Å². The van der Waals surface area contributed by atoms with Gasteiger partial charge in [0.2, 0.25) is 0 Å². The van der Waals surface area contributed by atoms with E-state index < -0.39 is 11.9 Å². The molecule has 0 saturated carbocycles. The van der Waals surface area contributed by atoms with Crippen LogP contribution in [-0.2, 0) is 9.59 Å². The summed E-state index contributed by atoms with van der Waals surface area (Å²) in [6.07, 6.45) is 0.230. The molecule has 2 N–H and O–H groups in total. The molecular formula is C28H24O4S2. The zero-order valence-corrected chi connectivity index (χ0v) is 20.1. The third-order valence-electron chi connectivity index (χ3n) is 6.23. The van der Waals surface area contributed by atoms with Crippen molar-refractivity contribution in [2.75, 3.05) is 11.5 Å². The minimum atomic E-state index is -0.789. The molecule has 0 atom stereocenters. The molecule has 0 aliphatic heterocycles. The van der Waals surface area contributed by atoms with Crippen molar-refractivity contribution in [3.63, 3.8) is 0 Å². The maximum Gasteiger partial charge on any atom is 0.304 e. The molecule has 4 aromatic rings. The smallest absolute Gasteiger partial charge is 0.304 e. The Hall–Kier alpha value is -2.96. The molecule has 0 unspecified atom stereocenters. The van der Waals surface area contributed by atoms with Crippen molar-refractivity contribution in [3.05, 3.63) is 95.1 Å². The first-order chi connectivity index (χ1) is 16.5. The van der Waals surface area contributed by atoms with Crippen LogP contribution in [0.25, 0.3) is 21.5 Å². The molecular weight excluding hydrogens is 464 g/mol. The van der Waals surface area contributed by atoms with Crippen molar-refractivity contribution in [1.82, 2.24) is 0 Å². The Morgan fingerprint density at radius 2 is 0.882 bits per heavy atom. The first-order valence-corrected chi connectivity index (χ1v) is 13.3. The van der Waals surface area contributed by atoms with Crippen LogP contribution in [-0.4, -0.2) is 33.7 Å². The van der Waals surface area contributed by atoms with Gasteiger partial charge in [-0.15, -0.1) is 23.5 Å². The molecule has 0 heterocycles. The quantitative estimate of drug-likeness (QED) is 0.281. The Bertz CT molecular complexity index is 1210. The van der Waals surface area contributed by atoms with Crippen molar-refractivity contribution in [1.29, 1.82) is 0 Å². The van der Waals surface area contributed by atoms with Crippen LogP contribution >= 0.6 is 23.5 Å². The van der Waals surface area contributed by atoms with Crippen LogP contribution in [0.5, 0.6) is 0 Å². The highest BCUT2D eigenvalue weighted by molar-refractivity contribution is 8.00. The van der Waals surface area contributed by atoms with Gasteiger partial charge in [-0.3, -0.25) is 9.59 Å². The fraction of sp³-hybridized carbons (Fsp3) is 0.214. The fourth-order valence-corrected chi connectivity index (χ4v) is 7.27. The van der Waals surface area contributed by atoms with E-state index >= 15 is 0 Å². The highest BCUT2D eigenvalue weighted by Gasteiger charge is 2.33. The van der Waals surface area contributed by atoms with E-state index in [9.17, 15) is 19.8 Å². The molecule has 0 spiro atoms. The summed E-state index contributed by atoms with van der Waals surface area (Å²) in [4.78, 5) is 22.5.